The van der Waals surface area contributed by atoms with Crippen molar-refractivity contribution in [1.82, 2.24) is 0 Å². The van der Waals surface area contributed by atoms with Crippen LogP contribution in [0.5, 0.6) is 17.2 Å². The molecule has 0 aliphatic rings. The Hall–Kier alpha value is -3.78. The quantitative estimate of drug-likeness (QED) is 0.178. The predicted octanol–water partition coefficient (Wildman–Crippen LogP) is 7.56. The average molecular weight is 485 g/mol. The summed E-state index contributed by atoms with van der Waals surface area (Å²) in [6.07, 6.45) is 9.26. The number of hydrogen-bond donors (Lipinski definition) is 1. The molecule has 1 N–H and O–H groups in total. The molecule has 0 radical (unpaired) electrons. The third kappa shape index (κ3) is 9.11. The van der Waals surface area contributed by atoms with Crippen molar-refractivity contribution in [1.29, 1.82) is 5.26 Å². The molecule has 3 rings (SSSR count). The molecule has 0 unspecified atom stereocenters. The molecule has 0 spiro atoms. The monoisotopic (exact) mass is 484 g/mol. The largest absolute Gasteiger partial charge is 0.507 e. The molecule has 0 fully saturated rings. The van der Waals surface area contributed by atoms with E-state index in [-0.39, 0.29) is 5.75 Å². The van der Waals surface area contributed by atoms with Gasteiger partial charge in [0.05, 0.1) is 24.8 Å². The topological polar surface area (TPSA) is 74.8 Å². The molecule has 188 valence electrons. The molecule has 5 nitrogen and oxygen atoms in total. The standard InChI is InChI=1S/C31H36N2O3/c1-2-3-6-19-33-24-28-15-18-30(22-31(28)34)36-21-8-5-4-7-20-35-29-16-13-27(14-17-29)26-11-9-25(23-32)10-12-26/h9-18,22,24,34H,2-8,19-21H2,1H3. The predicted molar refractivity (Wildman–Crippen MR) is 146 cm³/mol. The fourth-order valence-electron chi connectivity index (χ4n) is 3.76. The van der Waals surface area contributed by atoms with Crippen molar-refractivity contribution in [3.8, 4) is 34.4 Å². The van der Waals surface area contributed by atoms with E-state index in [0.717, 1.165) is 61.1 Å². The maximum atomic E-state index is 10.2. The van der Waals surface area contributed by atoms with Gasteiger partial charge in [-0.25, -0.2) is 0 Å². The van der Waals surface area contributed by atoms with E-state index in [9.17, 15) is 5.11 Å². The van der Waals surface area contributed by atoms with Gasteiger partial charge < -0.3 is 14.6 Å². The van der Waals surface area contributed by atoms with Crippen molar-refractivity contribution < 1.29 is 14.6 Å². The molecular formula is C31H36N2O3. The molecule has 0 atom stereocenters. The lowest BCUT2D eigenvalue weighted by atomic mass is 10.0. The van der Waals surface area contributed by atoms with E-state index in [1.54, 1.807) is 12.3 Å². The first-order chi connectivity index (χ1) is 17.7. The molecule has 0 aliphatic heterocycles. The van der Waals surface area contributed by atoms with Gasteiger partial charge in [-0.05, 0) is 79.6 Å². The zero-order valence-electron chi connectivity index (χ0n) is 21.2. The molecule has 0 aromatic heterocycles. The number of phenolic OH excluding ortho intramolecular Hbond substituents is 1. The van der Waals surface area contributed by atoms with Gasteiger partial charge in [0.25, 0.3) is 0 Å². The first-order valence-electron chi connectivity index (χ1n) is 12.9. The molecule has 0 amide bonds. The minimum Gasteiger partial charge on any atom is -0.507 e. The Morgan fingerprint density at radius 3 is 2.00 bits per heavy atom. The summed E-state index contributed by atoms with van der Waals surface area (Å²) < 4.78 is 11.7. The lowest BCUT2D eigenvalue weighted by Crippen LogP contribution is -2.00. The summed E-state index contributed by atoms with van der Waals surface area (Å²) in [5.41, 5.74) is 3.58. The third-order valence-corrected chi connectivity index (χ3v) is 5.90. The fraction of sp³-hybridized carbons (Fsp3) is 0.355. The number of phenols is 1. The number of unbranched alkanes of at least 4 members (excludes halogenated alkanes) is 5. The first kappa shape index (κ1) is 26.8. The zero-order valence-corrected chi connectivity index (χ0v) is 21.2. The second-order valence-electron chi connectivity index (χ2n) is 8.79. The van der Waals surface area contributed by atoms with Crippen molar-refractivity contribution in [3.63, 3.8) is 0 Å². The molecule has 5 heteroatoms. The van der Waals surface area contributed by atoms with E-state index < -0.39 is 0 Å². The highest BCUT2D eigenvalue weighted by Crippen LogP contribution is 2.24. The zero-order chi connectivity index (χ0) is 25.4. The smallest absolute Gasteiger partial charge is 0.128 e. The summed E-state index contributed by atoms with van der Waals surface area (Å²) in [5.74, 6) is 1.75. The number of benzene rings is 3. The van der Waals surface area contributed by atoms with E-state index >= 15 is 0 Å². The molecular weight excluding hydrogens is 448 g/mol. The van der Waals surface area contributed by atoms with Gasteiger partial charge in [0.1, 0.15) is 17.2 Å². The highest BCUT2D eigenvalue weighted by atomic mass is 16.5. The van der Waals surface area contributed by atoms with Crippen LogP contribution in [0, 0.1) is 11.3 Å². The van der Waals surface area contributed by atoms with Crippen molar-refractivity contribution in [2.24, 2.45) is 4.99 Å². The van der Waals surface area contributed by atoms with Gasteiger partial charge in [0.2, 0.25) is 0 Å². The molecule has 3 aromatic rings. The second-order valence-corrected chi connectivity index (χ2v) is 8.79. The van der Waals surface area contributed by atoms with Crippen LogP contribution < -0.4 is 9.47 Å². The summed E-state index contributed by atoms with van der Waals surface area (Å²) in [7, 11) is 0. The van der Waals surface area contributed by atoms with Crippen molar-refractivity contribution in [2.75, 3.05) is 19.8 Å². The summed E-state index contributed by atoms with van der Waals surface area (Å²) >= 11 is 0. The number of nitrogens with zero attached hydrogens (tertiary/aromatic N) is 2. The lowest BCUT2D eigenvalue weighted by Gasteiger charge is -2.09. The Labute approximate surface area is 215 Å². The van der Waals surface area contributed by atoms with Gasteiger partial charge in [0.15, 0.2) is 0 Å². The lowest BCUT2D eigenvalue weighted by molar-refractivity contribution is 0.287. The van der Waals surface area contributed by atoms with E-state index in [1.807, 2.05) is 60.7 Å². The Morgan fingerprint density at radius 2 is 1.39 bits per heavy atom. The Bertz CT molecular complexity index is 1120. The molecule has 0 heterocycles. The summed E-state index contributed by atoms with van der Waals surface area (Å²) in [6, 6.07) is 23.2. The van der Waals surface area contributed by atoms with Crippen molar-refractivity contribution in [2.45, 2.75) is 51.9 Å². The molecule has 36 heavy (non-hydrogen) atoms. The normalized spacial score (nSPS) is 10.9. The van der Waals surface area contributed by atoms with Gasteiger partial charge >= 0.3 is 0 Å². The van der Waals surface area contributed by atoms with Crippen LogP contribution in [-0.4, -0.2) is 31.1 Å². The Balaban J connectivity index is 1.27. The highest BCUT2D eigenvalue weighted by Gasteiger charge is 2.03. The summed E-state index contributed by atoms with van der Waals surface area (Å²) in [5, 5.41) is 19.1. The van der Waals surface area contributed by atoms with E-state index in [4.69, 9.17) is 14.7 Å². The summed E-state index contributed by atoms with van der Waals surface area (Å²) in [6.45, 7) is 4.28. The van der Waals surface area contributed by atoms with Crippen LogP contribution in [-0.2, 0) is 0 Å². The number of nitriles is 1. The van der Waals surface area contributed by atoms with Crippen LogP contribution in [0.3, 0.4) is 0 Å². The maximum Gasteiger partial charge on any atom is 0.128 e. The fourth-order valence-corrected chi connectivity index (χ4v) is 3.76. The van der Waals surface area contributed by atoms with Crippen LogP contribution in [0.4, 0.5) is 0 Å². The number of ether oxygens (including phenoxy) is 2. The van der Waals surface area contributed by atoms with Crippen LogP contribution in [0.1, 0.15) is 63.0 Å². The van der Waals surface area contributed by atoms with Gasteiger partial charge in [-0.15, -0.1) is 0 Å². The maximum absolute atomic E-state index is 10.2. The summed E-state index contributed by atoms with van der Waals surface area (Å²) in [4.78, 5) is 4.38. The van der Waals surface area contributed by atoms with Crippen LogP contribution in [0.2, 0.25) is 0 Å². The van der Waals surface area contributed by atoms with Gasteiger partial charge in [-0.3, -0.25) is 4.99 Å². The molecule has 3 aromatic carbocycles. The minimum absolute atomic E-state index is 0.203. The van der Waals surface area contributed by atoms with Crippen LogP contribution in [0.15, 0.2) is 71.7 Å². The van der Waals surface area contributed by atoms with Gasteiger partial charge in [-0.1, -0.05) is 44.0 Å². The molecule has 0 bridgehead atoms. The minimum atomic E-state index is 0.203. The van der Waals surface area contributed by atoms with Crippen LogP contribution >= 0.6 is 0 Å². The number of rotatable bonds is 15. The Kier molecular flexibility index (Phi) is 11.4. The number of hydrogen-bond acceptors (Lipinski definition) is 5. The highest BCUT2D eigenvalue weighted by molar-refractivity contribution is 5.83. The molecule has 0 saturated carbocycles. The van der Waals surface area contributed by atoms with E-state index in [1.165, 1.54) is 12.8 Å². The number of aliphatic imine (C=N–C) groups is 1. The van der Waals surface area contributed by atoms with E-state index in [2.05, 4.69) is 18.0 Å². The van der Waals surface area contributed by atoms with Gasteiger partial charge in [-0.2, -0.15) is 5.26 Å². The van der Waals surface area contributed by atoms with Crippen LogP contribution in [0.25, 0.3) is 11.1 Å². The van der Waals surface area contributed by atoms with Crippen molar-refractivity contribution >= 4 is 6.21 Å². The third-order valence-electron chi connectivity index (χ3n) is 5.90. The SMILES string of the molecule is CCCCCN=Cc1ccc(OCCCCCCOc2ccc(-c3ccc(C#N)cc3)cc2)cc1O. The van der Waals surface area contributed by atoms with E-state index in [0.29, 0.717) is 24.5 Å². The average Bonchev–Trinajstić information content (AvgIpc) is 2.91. The van der Waals surface area contributed by atoms with Crippen molar-refractivity contribution in [3.05, 3.63) is 77.9 Å². The first-order valence-corrected chi connectivity index (χ1v) is 12.9. The molecule has 0 saturated heterocycles. The number of aromatic hydroxyl groups is 1. The molecule has 0 aliphatic carbocycles. The Morgan fingerprint density at radius 1 is 0.778 bits per heavy atom. The van der Waals surface area contributed by atoms with Gasteiger partial charge in [0, 0.05) is 24.4 Å². The second kappa shape index (κ2) is 15.3.